The van der Waals surface area contributed by atoms with Crippen LogP contribution in [0.25, 0.3) is 0 Å². The summed E-state index contributed by atoms with van der Waals surface area (Å²) in [5, 5.41) is 2.78. The van der Waals surface area contributed by atoms with Crippen molar-refractivity contribution in [2.45, 2.75) is 30.9 Å². The van der Waals surface area contributed by atoms with E-state index < -0.39 is 0 Å². The predicted octanol–water partition coefficient (Wildman–Crippen LogP) is 1.94. The van der Waals surface area contributed by atoms with E-state index in [1.807, 2.05) is 24.3 Å². The summed E-state index contributed by atoms with van der Waals surface area (Å²) in [6.07, 6.45) is 2.85. The van der Waals surface area contributed by atoms with Gasteiger partial charge in [0, 0.05) is 29.7 Å². The van der Waals surface area contributed by atoms with Crippen molar-refractivity contribution in [3.63, 3.8) is 0 Å². The Morgan fingerprint density at radius 1 is 1.30 bits per heavy atom. The second-order valence-corrected chi connectivity index (χ2v) is 6.17. The summed E-state index contributed by atoms with van der Waals surface area (Å²) < 4.78 is 11.8. The highest BCUT2D eigenvalue weighted by molar-refractivity contribution is 5.93. The van der Waals surface area contributed by atoms with Gasteiger partial charge in [0.1, 0.15) is 29.2 Å². The highest BCUT2D eigenvalue weighted by Gasteiger charge is 2.56. The highest BCUT2D eigenvalue weighted by atomic mass is 16.5. The van der Waals surface area contributed by atoms with Gasteiger partial charge in [0.05, 0.1) is 6.04 Å². The number of nitrogens with zero attached hydrogens (tertiary/aromatic N) is 1. The Hall–Kier alpha value is -2.60. The molecule has 1 aliphatic carbocycles. The molecule has 0 spiro atoms. The van der Waals surface area contributed by atoms with Gasteiger partial charge in [-0.1, -0.05) is 0 Å². The summed E-state index contributed by atoms with van der Waals surface area (Å²) in [5.41, 5.74) is 8.04. The van der Waals surface area contributed by atoms with Crippen LogP contribution in [0.5, 0.6) is 17.2 Å². The van der Waals surface area contributed by atoms with Crippen LogP contribution in [0.2, 0.25) is 0 Å². The number of nitrogens with two attached hydrogens (primary N) is 1. The van der Waals surface area contributed by atoms with Crippen molar-refractivity contribution in [3.8, 4) is 17.2 Å². The van der Waals surface area contributed by atoms with Gasteiger partial charge in [-0.05, 0) is 30.7 Å². The lowest BCUT2D eigenvalue weighted by Gasteiger charge is -2.19. The van der Waals surface area contributed by atoms with Crippen molar-refractivity contribution < 1.29 is 14.3 Å². The number of anilines is 1. The van der Waals surface area contributed by atoms with Crippen LogP contribution in [0.4, 0.5) is 5.82 Å². The van der Waals surface area contributed by atoms with Crippen molar-refractivity contribution in [3.05, 3.63) is 41.6 Å². The van der Waals surface area contributed by atoms with Crippen LogP contribution < -0.4 is 20.5 Å². The van der Waals surface area contributed by atoms with E-state index in [0.717, 1.165) is 28.4 Å². The SMILES string of the molecule is NC1[C@H]2Oc3ccc(Oc4ccnc5c4CCC(=O)N5)cc3[C@@H]12. The summed E-state index contributed by atoms with van der Waals surface area (Å²) in [7, 11) is 0. The third-order valence-electron chi connectivity index (χ3n) is 4.71. The number of amides is 1. The first-order chi connectivity index (χ1) is 11.2. The van der Waals surface area contributed by atoms with E-state index in [-0.39, 0.29) is 18.1 Å². The molecule has 5 rings (SSSR count). The third kappa shape index (κ3) is 1.91. The Kier molecular flexibility index (Phi) is 2.50. The molecule has 3 aliphatic rings. The Bertz CT molecular complexity index is 836. The van der Waals surface area contributed by atoms with Gasteiger partial charge in [-0.2, -0.15) is 0 Å². The minimum atomic E-state index is -0.00871. The molecule has 1 aromatic heterocycles. The monoisotopic (exact) mass is 309 g/mol. The molecule has 3 N–H and O–H groups in total. The molecule has 1 saturated carbocycles. The van der Waals surface area contributed by atoms with E-state index >= 15 is 0 Å². The van der Waals surface area contributed by atoms with Crippen LogP contribution in [0.3, 0.4) is 0 Å². The molecular formula is C17H15N3O3. The lowest BCUT2D eigenvalue weighted by Crippen LogP contribution is -2.20. The van der Waals surface area contributed by atoms with Gasteiger partial charge in [-0.3, -0.25) is 4.79 Å². The maximum absolute atomic E-state index is 11.5. The number of rotatable bonds is 2. The molecule has 3 heterocycles. The van der Waals surface area contributed by atoms with Crippen LogP contribution in [-0.2, 0) is 11.2 Å². The van der Waals surface area contributed by atoms with Crippen LogP contribution in [0, 0.1) is 0 Å². The second kappa shape index (κ2) is 4.45. The zero-order valence-electron chi connectivity index (χ0n) is 12.3. The van der Waals surface area contributed by atoms with Gasteiger partial charge < -0.3 is 20.5 Å². The van der Waals surface area contributed by atoms with E-state index in [9.17, 15) is 4.79 Å². The molecule has 2 aliphatic heterocycles. The van der Waals surface area contributed by atoms with Gasteiger partial charge in [0.2, 0.25) is 5.91 Å². The molecule has 1 unspecified atom stereocenters. The Labute approximate surface area is 132 Å². The molecule has 23 heavy (non-hydrogen) atoms. The fourth-order valence-corrected chi connectivity index (χ4v) is 3.43. The number of aromatic nitrogens is 1. The number of carbonyl (C=O) groups excluding carboxylic acids is 1. The average Bonchev–Trinajstić information content (AvgIpc) is 3.02. The largest absolute Gasteiger partial charge is 0.488 e. The van der Waals surface area contributed by atoms with E-state index in [0.29, 0.717) is 24.6 Å². The van der Waals surface area contributed by atoms with E-state index in [2.05, 4.69) is 10.3 Å². The third-order valence-corrected chi connectivity index (χ3v) is 4.71. The Balaban J connectivity index is 1.47. The molecule has 1 fully saturated rings. The number of hydrogen-bond acceptors (Lipinski definition) is 5. The van der Waals surface area contributed by atoms with Crippen LogP contribution in [0.15, 0.2) is 30.5 Å². The summed E-state index contributed by atoms with van der Waals surface area (Å²) >= 11 is 0. The number of fused-ring (bicyclic) bond motifs is 4. The number of nitrogens with one attached hydrogen (secondary N) is 1. The average molecular weight is 309 g/mol. The first-order valence-corrected chi connectivity index (χ1v) is 7.72. The zero-order chi connectivity index (χ0) is 15.6. The van der Waals surface area contributed by atoms with Crippen LogP contribution in [0.1, 0.15) is 23.5 Å². The standard InChI is InChI=1S/C17H15N3O3/c18-15-14-10-7-8(1-3-11(10)23-16(14)15)22-12-5-6-19-17-9(12)2-4-13(21)20-17/h1,3,5-7,14-16H,2,4,18H2,(H,19,20,21)/t14-,15?,16-/m0/s1. The molecule has 1 aromatic carbocycles. The molecular weight excluding hydrogens is 294 g/mol. The smallest absolute Gasteiger partial charge is 0.225 e. The van der Waals surface area contributed by atoms with Crippen molar-refractivity contribution in [2.75, 3.05) is 5.32 Å². The lowest BCUT2D eigenvalue weighted by molar-refractivity contribution is -0.116. The van der Waals surface area contributed by atoms with E-state index in [1.54, 1.807) is 6.20 Å². The van der Waals surface area contributed by atoms with Gasteiger partial charge in [0.25, 0.3) is 0 Å². The number of ether oxygens (including phenoxy) is 2. The van der Waals surface area contributed by atoms with Gasteiger partial charge in [-0.15, -0.1) is 0 Å². The van der Waals surface area contributed by atoms with Crippen molar-refractivity contribution in [2.24, 2.45) is 5.73 Å². The summed E-state index contributed by atoms with van der Waals surface area (Å²) in [6, 6.07) is 7.75. The lowest BCUT2D eigenvalue weighted by atomic mass is 10.1. The number of carbonyl (C=O) groups is 1. The predicted molar refractivity (Wildman–Crippen MR) is 82.8 cm³/mol. The van der Waals surface area contributed by atoms with Crippen molar-refractivity contribution in [1.82, 2.24) is 4.98 Å². The summed E-state index contributed by atoms with van der Waals surface area (Å²) in [4.78, 5) is 15.7. The Morgan fingerprint density at radius 2 is 2.22 bits per heavy atom. The number of hydrogen-bond donors (Lipinski definition) is 2. The van der Waals surface area contributed by atoms with Crippen LogP contribution >= 0.6 is 0 Å². The Morgan fingerprint density at radius 3 is 3.13 bits per heavy atom. The molecule has 6 nitrogen and oxygen atoms in total. The minimum Gasteiger partial charge on any atom is -0.488 e. The number of benzene rings is 1. The first-order valence-electron chi connectivity index (χ1n) is 7.72. The normalized spacial score (nSPS) is 26.5. The molecule has 1 amide bonds. The van der Waals surface area contributed by atoms with Gasteiger partial charge >= 0.3 is 0 Å². The van der Waals surface area contributed by atoms with Gasteiger partial charge in [0.15, 0.2) is 0 Å². The molecule has 2 aromatic rings. The quantitative estimate of drug-likeness (QED) is 0.885. The maximum Gasteiger partial charge on any atom is 0.225 e. The fraction of sp³-hybridized carbons (Fsp3) is 0.294. The molecule has 3 atom stereocenters. The molecule has 0 radical (unpaired) electrons. The molecule has 0 bridgehead atoms. The minimum absolute atomic E-state index is 0.00871. The topological polar surface area (TPSA) is 86.5 Å². The van der Waals surface area contributed by atoms with Crippen molar-refractivity contribution in [1.29, 1.82) is 0 Å². The van der Waals surface area contributed by atoms with Gasteiger partial charge in [-0.25, -0.2) is 4.98 Å². The molecule has 6 heteroatoms. The maximum atomic E-state index is 11.5. The summed E-state index contributed by atoms with van der Waals surface area (Å²) in [5.74, 6) is 3.25. The number of pyridine rings is 1. The molecule has 0 saturated heterocycles. The van der Waals surface area contributed by atoms with E-state index in [1.165, 1.54) is 0 Å². The fourth-order valence-electron chi connectivity index (χ4n) is 3.43. The highest BCUT2D eigenvalue weighted by Crippen LogP contribution is 2.53. The van der Waals surface area contributed by atoms with Crippen LogP contribution in [-0.4, -0.2) is 23.0 Å². The first kappa shape index (κ1) is 12.9. The second-order valence-electron chi connectivity index (χ2n) is 6.17. The zero-order valence-corrected chi connectivity index (χ0v) is 12.3. The molecule has 116 valence electrons. The van der Waals surface area contributed by atoms with E-state index in [4.69, 9.17) is 15.2 Å². The summed E-state index contributed by atoms with van der Waals surface area (Å²) in [6.45, 7) is 0. The van der Waals surface area contributed by atoms with Crippen molar-refractivity contribution >= 4 is 11.7 Å².